The molecule has 1 atom stereocenters. The quantitative estimate of drug-likeness (QED) is 0.493. The number of hydrogen-bond acceptors (Lipinski definition) is 6. The molecule has 190 valence electrons. The molecule has 0 radical (unpaired) electrons. The third-order valence-electron chi connectivity index (χ3n) is 6.80. The van der Waals surface area contributed by atoms with Crippen LogP contribution in [0.4, 0.5) is 4.39 Å². The molecular weight excluding hydrogens is 465 g/mol. The van der Waals surface area contributed by atoms with E-state index >= 15 is 0 Å². The van der Waals surface area contributed by atoms with Crippen molar-refractivity contribution in [2.24, 2.45) is 5.92 Å². The number of methoxy groups -OCH3 is 1. The Bertz CT molecular complexity index is 1290. The molecule has 2 N–H and O–H groups in total. The fourth-order valence-corrected chi connectivity index (χ4v) is 4.61. The summed E-state index contributed by atoms with van der Waals surface area (Å²) in [4.78, 5) is 39.0. The second-order valence-electron chi connectivity index (χ2n) is 9.39. The lowest BCUT2D eigenvalue weighted by Gasteiger charge is -2.33. The van der Waals surface area contributed by atoms with Crippen molar-refractivity contribution in [2.75, 3.05) is 26.8 Å². The first-order valence-corrected chi connectivity index (χ1v) is 12.4. The third-order valence-corrected chi connectivity index (χ3v) is 6.80. The van der Waals surface area contributed by atoms with Crippen molar-refractivity contribution < 1.29 is 23.5 Å². The number of nitrogens with one attached hydrogen (secondary N) is 2. The number of halogens is 1. The van der Waals surface area contributed by atoms with Crippen molar-refractivity contribution in [3.05, 3.63) is 36.0 Å². The van der Waals surface area contributed by atoms with Gasteiger partial charge in [0.1, 0.15) is 23.3 Å². The summed E-state index contributed by atoms with van der Waals surface area (Å²) in [6, 6.07) is 2.74. The molecular formula is C26H30FN5O4. The minimum atomic E-state index is -0.521. The predicted molar refractivity (Wildman–Crippen MR) is 131 cm³/mol. The number of rotatable bonds is 8. The molecule has 10 heteroatoms. The highest BCUT2D eigenvalue weighted by Crippen LogP contribution is 2.39. The molecule has 1 aliphatic heterocycles. The Morgan fingerprint density at radius 1 is 1.22 bits per heavy atom. The zero-order valence-electron chi connectivity index (χ0n) is 20.5. The molecule has 2 fully saturated rings. The summed E-state index contributed by atoms with van der Waals surface area (Å²) < 4.78 is 25.7. The highest BCUT2D eigenvalue weighted by atomic mass is 19.1. The normalized spacial score (nSPS) is 17.8. The summed E-state index contributed by atoms with van der Waals surface area (Å²) in [5.41, 5.74) is 2.41. The van der Waals surface area contributed by atoms with Gasteiger partial charge in [-0.1, -0.05) is 6.92 Å². The van der Waals surface area contributed by atoms with E-state index in [1.807, 2.05) is 6.92 Å². The Hall–Kier alpha value is -3.69. The third kappa shape index (κ3) is 4.84. The first-order chi connectivity index (χ1) is 17.5. The Kier molecular flexibility index (Phi) is 6.75. The van der Waals surface area contributed by atoms with Gasteiger partial charge < -0.3 is 24.7 Å². The fourth-order valence-electron chi connectivity index (χ4n) is 4.61. The van der Waals surface area contributed by atoms with Gasteiger partial charge in [0.25, 0.3) is 5.91 Å². The molecule has 3 aromatic rings. The maximum Gasteiger partial charge on any atom is 0.255 e. The van der Waals surface area contributed by atoms with E-state index in [2.05, 4.69) is 20.3 Å². The van der Waals surface area contributed by atoms with Crippen LogP contribution >= 0.6 is 0 Å². The van der Waals surface area contributed by atoms with Crippen LogP contribution < -0.4 is 14.8 Å². The molecule has 0 unspecified atom stereocenters. The number of nitrogens with zero attached hydrogens (tertiary/aromatic N) is 3. The van der Waals surface area contributed by atoms with Crippen molar-refractivity contribution in [1.82, 2.24) is 25.2 Å². The number of hydrogen-bond donors (Lipinski definition) is 2. The Morgan fingerprint density at radius 2 is 2.06 bits per heavy atom. The molecule has 2 amide bonds. The lowest BCUT2D eigenvalue weighted by Crippen LogP contribution is -2.49. The summed E-state index contributed by atoms with van der Waals surface area (Å²) in [6.07, 6.45) is 7.28. The number of piperidine rings is 1. The van der Waals surface area contributed by atoms with Crippen LogP contribution in [0.1, 0.15) is 49.4 Å². The highest BCUT2D eigenvalue weighted by Gasteiger charge is 2.27. The van der Waals surface area contributed by atoms with E-state index in [1.54, 1.807) is 17.2 Å². The van der Waals surface area contributed by atoms with E-state index < -0.39 is 5.82 Å². The van der Waals surface area contributed by atoms with Crippen LogP contribution in [-0.2, 0) is 4.79 Å². The maximum absolute atomic E-state index is 14.5. The van der Waals surface area contributed by atoms with Gasteiger partial charge in [-0.3, -0.25) is 9.59 Å². The lowest BCUT2D eigenvalue weighted by atomic mass is 10.0. The van der Waals surface area contributed by atoms with E-state index in [9.17, 15) is 14.0 Å². The zero-order valence-corrected chi connectivity index (χ0v) is 20.5. The van der Waals surface area contributed by atoms with Crippen LogP contribution in [0, 0.1) is 11.7 Å². The van der Waals surface area contributed by atoms with Crippen LogP contribution in [0.3, 0.4) is 0 Å². The fraction of sp³-hybridized carbons (Fsp3) is 0.462. The average molecular weight is 496 g/mol. The standard InChI is InChI=1S/C26H30FN5O4/c1-3-22(33)32-8-4-5-16(12-32)31-26(34)18-11-28-25-23(29-14-30-24(18)25)17-9-21(35-2)19(27)10-20(17)36-13-15-6-7-15/h9-11,14-16,28H,3-8,12-13H2,1-2H3,(H,31,34)/t16-/m1/s1. The van der Waals surface area contributed by atoms with Gasteiger partial charge >= 0.3 is 0 Å². The Balaban J connectivity index is 1.44. The van der Waals surface area contributed by atoms with Gasteiger partial charge in [-0.05, 0) is 37.7 Å². The monoisotopic (exact) mass is 495 g/mol. The largest absolute Gasteiger partial charge is 0.494 e. The van der Waals surface area contributed by atoms with Crippen LogP contribution in [0.25, 0.3) is 22.3 Å². The molecule has 5 rings (SSSR count). The first-order valence-electron chi connectivity index (χ1n) is 12.4. The molecule has 1 saturated heterocycles. The summed E-state index contributed by atoms with van der Waals surface area (Å²) in [6.45, 7) is 3.56. The summed E-state index contributed by atoms with van der Waals surface area (Å²) in [7, 11) is 1.40. The zero-order chi connectivity index (χ0) is 25.2. The second kappa shape index (κ2) is 10.1. The van der Waals surface area contributed by atoms with Gasteiger partial charge in [0, 0.05) is 43.4 Å². The number of aromatic amines is 1. The molecule has 2 aromatic heterocycles. The van der Waals surface area contributed by atoms with Crippen LogP contribution in [0.15, 0.2) is 24.7 Å². The van der Waals surface area contributed by atoms with Crippen molar-refractivity contribution in [1.29, 1.82) is 0 Å². The van der Waals surface area contributed by atoms with Gasteiger partial charge in [-0.15, -0.1) is 0 Å². The first kappa shape index (κ1) is 24.0. The topological polar surface area (TPSA) is 109 Å². The predicted octanol–water partition coefficient (Wildman–Crippen LogP) is 3.69. The molecule has 1 aliphatic carbocycles. The molecule has 1 saturated carbocycles. The molecule has 1 aromatic carbocycles. The van der Waals surface area contributed by atoms with Gasteiger partial charge in [-0.25, -0.2) is 14.4 Å². The van der Waals surface area contributed by atoms with Gasteiger partial charge in [0.05, 0.1) is 24.8 Å². The molecule has 2 aliphatic rings. The van der Waals surface area contributed by atoms with Gasteiger partial charge in [0.15, 0.2) is 11.6 Å². The number of carbonyl (C=O) groups excluding carboxylic acids is 2. The van der Waals surface area contributed by atoms with E-state index in [0.717, 1.165) is 32.2 Å². The lowest BCUT2D eigenvalue weighted by molar-refractivity contribution is -0.132. The van der Waals surface area contributed by atoms with E-state index in [-0.39, 0.29) is 23.6 Å². The molecule has 0 spiro atoms. The molecule has 3 heterocycles. The minimum absolute atomic E-state index is 0.0727. The van der Waals surface area contributed by atoms with Crippen molar-refractivity contribution in [2.45, 2.75) is 45.1 Å². The van der Waals surface area contributed by atoms with Crippen LogP contribution in [-0.4, -0.2) is 64.5 Å². The van der Waals surface area contributed by atoms with Crippen molar-refractivity contribution in [3.63, 3.8) is 0 Å². The van der Waals surface area contributed by atoms with Crippen molar-refractivity contribution in [3.8, 4) is 22.8 Å². The highest BCUT2D eigenvalue weighted by molar-refractivity contribution is 6.08. The number of H-pyrrole nitrogens is 1. The number of benzene rings is 1. The number of carbonyl (C=O) groups is 2. The van der Waals surface area contributed by atoms with Gasteiger partial charge in [-0.2, -0.15) is 0 Å². The second-order valence-corrected chi connectivity index (χ2v) is 9.39. The van der Waals surface area contributed by atoms with Crippen molar-refractivity contribution >= 4 is 22.8 Å². The number of aromatic nitrogens is 3. The maximum atomic E-state index is 14.5. The number of likely N-dealkylation sites (tertiary alicyclic amines) is 1. The minimum Gasteiger partial charge on any atom is -0.494 e. The average Bonchev–Trinajstić information content (AvgIpc) is 3.62. The van der Waals surface area contributed by atoms with Crippen LogP contribution in [0.5, 0.6) is 11.5 Å². The Labute approximate surface area is 208 Å². The summed E-state index contributed by atoms with van der Waals surface area (Å²) in [5.74, 6) is 0.216. The molecule has 9 nitrogen and oxygen atoms in total. The smallest absolute Gasteiger partial charge is 0.255 e. The number of ether oxygens (including phenoxy) is 2. The van der Waals surface area contributed by atoms with E-state index in [4.69, 9.17) is 9.47 Å². The molecule has 0 bridgehead atoms. The SMILES string of the molecule is CCC(=O)N1CCC[C@@H](NC(=O)c2c[nH]c3c(-c4cc(OC)c(F)cc4OCC4CC4)ncnc23)C1. The Morgan fingerprint density at radius 3 is 2.81 bits per heavy atom. The summed E-state index contributed by atoms with van der Waals surface area (Å²) in [5, 5.41) is 3.05. The van der Waals surface area contributed by atoms with Gasteiger partial charge in [0.2, 0.25) is 5.91 Å². The summed E-state index contributed by atoms with van der Waals surface area (Å²) >= 11 is 0. The van der Waals surface area contributed by atoms with Crippen LogP contribution in [0.2, 0.25) is 0 Å². The van der Waals surface area contributed by atoms with E-state index in [0.29, 0.717) is 59.1 Å². The molecule has 36 heavy (non-hydrogen) atoms. The number of amides is 2. The van der Waals surface area contributed by atoms with E-state index in [1.165, 1.54) is 19.5 Å². The number of fused-ring (bicyclic) bond motifs is 1.